The van der Waals surface area contributed by atoms with Gasteiger partial charge in [-0.1, -0.05) is 25.1 Å². The average molecular weight is 602 g/mol. The molecule has 0 aliphatic heterocycles. The Morgan fingerprint density at radius 3 is 2.42 bits per heavy atom. The van der Waals surface area contributed by atoms with Crippen LogP contribution >= 0.6 is 0 Å². The van der Waals surface area contributed by atoms with E-state index in [2.05, 4.69) is 17.2 Å². The van der Waals surface area contributed by atoms with E-state index in [0.717, 1.165) is 53.4 Å². The van der Waals surface area contributed by atoms with Crippen LogP contribution in [-0.4, -0.2) is 46.6 Å². The molecule has 0 saturated heterocycles. The van der Waals surface area contributed by atoms with E-state index in [9.17, 15) is 9.00 Å². The smallest absolute Gasteiger partial charge is 0.248 e. The minimum absolute atomic E-state index is 0.284. The molecule has 4 rings (SSSR count). The quantitative estimate of drug-likeness (QED) is 0.121. The van der Waals surface area contributed by atoms with Gasteiger partial charge in [-0.05, 0) is 86.0 Å². The number of methoxy groups -OCH3 is 1. The summed E-state index contributed by atoms with van der Waals surface area (Å²) in [5.41, 5.74) is 5.25. The highest BCUT2D eigenvalue weighted by Gasteiger charge is 2.13. The number of rotatable bonds is 15. The molecule has 8 nitrogen and oxygen atoms in total. The summed E-state index contributed by atoms with van der Waals surface area (Å²) in [7, 11) is 0.379. The first-order valence-corrected chi connectivity index (χ1v) is 15.7. The number of hydrogen-bond donors (Lipinski definition) is 1. The van der Waals surface area contributed by atoms with Crippen molar-refractivity contribution in [3.05, 3.63) is 96.1 Å². The van der Waals surface area contributed by atoms with Crippen molar-refractivity contribution < 1.29 is 23.2 Å². The molecule has 1 aromatic heterocycles. The van der Waals surface area contributed by atoms with Gasteiger partial charge in [-0.3, -0.25) is 9.00 Å². The molecule has 1 heterocycles. The monoisotopic (exact) mass is 601 g/mol. The summed E-state index contributed by atoms with van der Waals surface area (Å²) in [6, 6.07) is 20.8. The SMILES string of the molecule is CCCOCCOc1ccc(-c2ccc(OC)c(/C=C/C(=O)Nc3ccc([S@@](=O)Cc4c(C)ncn4CC)cc3)c2)cc1. The van der Waals surface area contributed by atoms with E-state index in [0.29, 0.717) is 35.3 Å². The second kappa shape index (κ2) is 15.9. The third kappa shape index (κ3) is 8.89. The molecule has 4 aromatic rings. The molecule has 3 aromatic carbocycles. The van der Waals surface area contributed by atoms with Crippen molar-refractivity contribution >= 4 is 28.5 Å². The summed E-state index contributed by atoms with van der Waals surface area (Å²) < 4.78 is 31.7. The third-order valence-corrected chi connectivity index (χ3v) is 8.16. The average Bonchev–Trinajstić information content (AvgIpc) is 3.38. The highest BCUT2D eigenvalue weighted by molar-refractivity contribution is 7.84. The van der Waals surface area contributed by atoms with Gasteiger partial charge in [-0.25, -0.2) is 4.98 Å². The predicted octanol–water partition coefficient (Wildman–Crippen LogP) is 6.65. The van der Waals surface area contributed by atoms with E-state index in [1.165, 1.54) is 6.08 Å². The lowest BCUT2D eigenvalue weighted by Crippen LogP contribution is -2.08. The van der Waals surface area contributed by atoms with Gasteiger partial charge in [0.2, 0.25) is 5.91 Å². The Kier molecular flexibility index (Phi) is 11.7. The molecule has 0 saturated carbocycles. The number of amides is 1. The molecule has 0 aliphatic carbocycles. The maximum absolute atomic E-state index is 13.0. The van der Waals surface area contributed by atoms with Crippen LogP contribution in [0.25, 0.3) is 17.2 Å². The van der Waals surface area contributed by atoms with E-state index in [-0.39, 0.29) is 5.91 Å². The Balaban J connectivity index is 1.36. The van der Waals surface area contributed by atoms with Gasteiger partial charge in [0.1, 0.15) is 18.1 Å². The second-order valence-corrected chi connectivity index (χ2v) is 11.3. The van der Waals surface area contributed by atoms with Crippen LogP contribution in [0.1, 0.15) is 37.2 Å². The van der Waals surface area contributed by atoms with Crippen molar-refractivity contribution in [3.63, 3.8) is 0 Å². The third-order valence-electron chi connectivity index (χ3n) is 6.82. The fourth-order valence-electron chi connectivity index (χ4n) is 4.47. The van der Waals surface area contributed by atoms with Crippen LogP contribution in [-0.2, 0) is 32.6 Å². The van der Waals surface area contributed by atoms with Crippen molar-refractivity contribution in [1.29, 1.82) is 0 Å². The second-order valence-electron chi connectivity index (χ2n) is 9.84. The topological polar surface area (TPSA) is 91.7 Å². The first-order chi connectivity index (χ1) is 20.9. The molecule has 0 bridgehead atoms. The number of nitrogens with zero attached hydrogens (tertiary/aromatic N) is 2. The Hall–Kier alpha value is -4.21. The lowest BCUT2D eigenvalue weighted by Gasteiger charge is -2.10. The molecule has 9 heteroatoms. The number of carbonyl (C=O) groups excluding carboxylic acids is 1. The van der Waals surface area contributed by atoms with E-state index >= 15 is 0 Å². The van der Waals surface area contributed by atoms with Gasteiger partial charge in [0.15, 0.2) is 0 Å². The molecular weight excluding hydrogens is 562 g/mol. The van der Waals surface area contributed by atoms with Crippen LogP contribution < -0.4 is 14.8 Å². The van der Waals surface area contributed by atoms with E-state index in [4.69, 9.17) is 14.2 Å². The molecule has 0 radical (unpaired) electrons. The van der Waals surface area contributed by atoms with Gasteiger partial charge in [-0.15, -0.1) is 0 Å². The number of hydrogen-bond acceptors (Lipinski definition) is 6. The minimum atomic E-state index is -1.22. The normalized spacial score (nSPS) is 11.9. The van der Waals surface area contributed by atoms with Crippen LogP contribution in [0, 0.1) is 6.92 Å². The molecule has 226 valence electrons. The molecule has 0 aliphatic rings. The maximum Gasteiger partial charge on any atom is 0.248 e. The summed E-state index contributed by atoms with van der Waals surface area (Å²) in [6.07, 6.45) is 5.97. The molecule has 0 spiro atoms. The van der Waals surface area contributed by atoms with Crippen molar-refractivity contribution in [2.24, 2.45) is 0 Å². The van der Waals surface area contributed by atoms with Crippen LogP contribution in [0.3, 0.4) is 0 Å². The first kappa shape index (κ1) is 31.7. The van der Waals surface area contributed by atoms with Gasteiger partial charge in [0, 0.05) is 35.4 Å². The van der Waals surface area contributed by atoms with Crippen LogP contribution in [0.15, 0.2) is 84.0 Å². The summed E-state index contributed by atoms with van der Waals surface area (Å²) in [4.78, 5) is 17.8. The van der Waals surface area contributed by atoms with E-state index < -0.39 is 10.8 Å². The molecule has 1 N–H and O–H groups in total. The number of imidazole rings is 1. The van der Waals surface area contributed by atoms with E-state index in [1.807, 2.05) is 60.9 Å². The largest absolute Gasteiger partial charge is 0.496 e. The highest BCUT2D eigenvalue weighted by atomic mass is 32.2. The lowest BCUT2D eigenvalue weighted by atomic mass is 10.0. The summed E-state index contributed by atoms with van der Waals surface area (Å²) in [5, 5.41) is 2.87. The Morgan fingerprint density at radius 1 is 0.977 bits per heavy atom. The molecular formula is C34H39N3O5S. The minimum Gasteiger partial charge on any atom is -0.496 e. The Bertz CT molecular complexity index is 1550. The van der Waals surface area contributed by atoms with Crippen LogP contribution in [0.5, 0.6) is 11.5 Å². The molecule has 1 amide bonds. The molecule has 43 heavy (non-hydrogen) atoms. The maximum atomic E-state index is 13.0. The van der Waals surface area contributed by atoms with Gasteiger partial charge in [-0.2, -0.15) is 0 Å². The Labute approximate surface area is 256 Å². The highest BCUT2D eigenvalue weighted by Crippen LogP contribution is 2.29. The van der Waals surface area contributed by atoms with Crippen molar-refractivity contribution in [2.45, 2.75) is 44.4 Å². The zero-order chi connectivity index (χ0) is 30.6. The summed E-state index contributed by atoms with van der Waals surface area (Å²) in [5.74, 6) is 1.55. The fraction of sp³-hybridized carbons (Fsp3) is 0.294. The zero-order valence-corrected chi connectivity index (χ0v) is 26.0. The standard InChI is InChI=1S/C34H39N3O5S/c1-5-19-41-20-21-42-30-13-7-26(8-14-30)27-9-17-33(40-4)28(22-27)10-18-34(38)36-29-11-15-31(16-12-29)43(39)23-32-25(3)35-24-37(32)6-2/h7-18,22,24H,5-6,19-21,23H2,1-4H3,(H,36,38)/b18-10+/t43-/m0/s1. The first-order valence-electron chi connectivity index (χ1n) is 14.4. The van der Waals surface area contributed by atoms with Gasteiger partial charge in [0.25, 0.3) is 0 Å². The Morgan fingerprint density at radius 2 is 1.72 bits per heavy atom. The van der Waals surface area contributed by atoms with Crippen LogP contribution in [0.2, 0.25) is 0 Å². The molecule has 0 unspecified atom stereocenters. The van der Waals surface area contributed by atoms with Crippen molar-refractivity contribution in [1.82, 2.24) is 9.55 Å². The summed E-state index contributed by atoms with van der Waals surface area (Å²) in [6.45, 7) is 8.63. The van der Waals surface area contributed by atoms with Gasteiger partial charge < -0.3 is 24.1 Å². The zero-order valence-electron chi connectivity index (χ0n) is 25.2. The number of benzene rings is 3. The van der Waals surface area contributed by atoms with Crippen molar-refractivity contribution in [3.8, 4) is 22.6 Å². The molecule has 1 atom stereocenters. The number of aryl methyl sites for hydroxylation is 2. The van der Waals surface area contributed by atoms with Crippen molar-refractivity contribution in [2.75, 3.05) is 32.2 Å². The number of ether oxygens (including phenoxy) is 3. The lowest BCUT2D eigenvalue weighted by molar-refractivity contribution is -0.111. The number of nitrogens with one attached hydrogen (secondary N) is 1. The predicted molar refractivity (Wildman–Crippen MR) is 172 cm³/mol. The number of aromatic nitrogens is 2. The van der Waals surface area contributed by atoms with Gasteiger partial charge in [0.05, 0.1) is 48.0 Å². The summed E-state index contributed by atoms with van der Waals surface area (Å²) >= 11 is 0. The van der Waals surface area contributed by atoms with Crippen LogP contribution in [0.4, 0.5) is 5.69 Å². The van der Waals surface area contributed by atoms with E-state index in [1.54, 1.807) is 43.8 Å². The number of carbonyl (C=O) groups is 1. The number of anilines is 1. The molecule has 0 fully saturated rings. The van der Waals surface area contributed by atoms with Gasteiger partial charge >= 0.3 is 0 Å². The fourth-order valence-corrected chi connectivity index (χ4v) is 5.70.